The Balaban J connectivity index is 2.11. The van der Waals surface area contributed by atoms with Crippen molar-refractivity contribution in [2.75, 3.05) is 0 Å². The van der Waals surface area contributed by atoms with Crippen molar-refractivity contribution >= 4 is 28.0 Å². The zero-order valence-corrected chi connectivity index (χ0v) is 15.3. The van der Waals surface area contributed by atoms with Crippen molar-refractivity contribution in [2.24, 2.45) is 5.73 Å². The van der Waals surface area contributed by atoms with Gasteiger partial charge in [-0.15, -0.1) is 0 Å². The minimum atomic E-state index is -0.520. The third-order valence-electron chi connectivity index (χ3n) is 4.53. The van der Waals surface area contributed by atoms with Crippen LogP contribution in [0.3, 0.4) is 0 Å². The van der Waals surface area contributed by atoms with E-state index in [0.717, 1.165) is 33.5 Å². The Morgan fingerprint density at radius 1 is 1.19 bits per heavy atom. The lowest BCUT2D eigenvalue weighted by atomic mass is 9.88. The molecule has 0 aliphatic heterocycles. The summed E-state index contributed by atoms with van der Waals surface area (Å²) in [6, 6.07) is 8.21. The SMILES string of the molecule is Cc1cc2cccc(-c3nc4c(C(N)=O)c[nH]c4nc3C(C)(C)C)c2[nH]1. The van der Waals surface area contributed by atoms with Gasteiger partial charge in [-0.25, -0.2) is 9.97 Å². The van der Waals surface area contributed by atoms with Crippen molar-refractivity contribution in [3.8, 4) is 11.3 Å². The maximum atomic E-state index is 11.7. The summed E-state index contributed by atoms with van der Waals surface area (Å²) in [7, 11) is 0. The Hall–Kier alpha value is -3.15. The molecule has 0 spiro atoms. The van der Waals surface area contributed by atoms with Gasteiger partial charge in [0.2, 0.25) is 0 Å². The highest BCUT2D eigenvalue weighted by atomic mass is 16.1. The smallest absolute Gasteiger partial charge is 0.252 e. The van der Waals surface area contributed by atoms with Crippen LogP contribution >= 0.6 is 0 Å². The maximum Gasteiger partial charge on any atom is 0.252 e. The van der Waals surface area contributed by atoms with Gasteiger partial charge < -0.3 is 15.7 Å². The number of hydrogen-bond acceptors (Lipinski definition) is 3. The molecule has 0 radical (unpaired) electrons. The number of nitrogens with zero attached hydrogens (tertiary/aromatic N) is 2. The second-order valence-electron chi connectivity index (χ2n) is 7.66. The molecular formula is C20H21N5O. The van der Waals surface area contributed by atoms with Crippen LogP contribution in [-0.4, -0.2) is 25.8 Å². The highest BCUT2D eigenvalue weighted by molar-refractivity contribution is 6.04. The van der Waals surface area contributed by atoms with Crippen LogP contribution in [0.15, 0.2) is 30.5 Å². The second-order valence-corrected chi connectivity index (χ2v) is 7.66. The summed E-state index contributed by atoms with van der Waals surface area (Å²) in [5.74, 6) is -0.520. The van der Waals surface area contributed by atoms with Gasteiger partial charge in [-0.1, -0.05) is 39.0 Å². The number of aromatic amines is 2. The quantitative estimate of drug-likeness (QED) is 0.514. The van der Waals surface area contributed by atoms with E-state index in [9.17, 15) is 4.79 Å². The lowest BCUT2D eigenvalue weighted by molar-refractivity contribution is 0.100. The first-order valence-corrected chi connectivity index (χ1v) is 8.54. The Morgan fingerprint density at radius 3 is 2.65 bits per heavy atom. The predicted octanol–water partition coefficient (Wildman–Crippen LogP) is 3.81. The highest BCUT2D eigenvalue weighted by Crippen LogP contribution is 2.35. The number of nitrogens with two attached hydrogens (primary N) is 1. The van der Waals surface area contributed by atoms with E-state index in [2.05, 4.69) is 42.9 Å². The number of para-hydroxylation sites is 1. The third kappa shape index (κ3) is 2.45. The number of aromatic nitrogens is 4. The fourth-order valence-electron chi connectivity index (χ4n) is 3.33. The molecule has 3 heterocycles. The number of rotatable bonds is 2. The summed E-state index contributed by atoms with van der Waals surface area (Å²) in [5.41, 5.74) is 11.4. The van der Waals surface area contributed by atoms with Gasteiger partial charge in [-0.3, -0.25) is 4.79 Å². The number of hydrogen-bond donors (Lipinski definition) is 3. The van der Waals surface area contributed by atoms with E-state index in [4.69, 9.17) is 15.7 Å². The molecule has 132 valence electrons. The van der Waals surface area contributed by atoms with E-state index < -0.39 is 5.91 Å². The zero-order chi connectivity index (χ0) is 18.6. The molecule has 0 fully saturated rings. The van der Waals surface area contributed by atoms with Gasteiger partial charge in [-0.05, 0) is 13.0 Å². The van der Waals surface area contributed by atoms with Crippen LogP contribution in [0.25, 0.3) is 33.3 Å². The number of fused-ring (bicyclic) bond motifs is 2. The Bertz CT molecular complexity index is 1160. The fourth-order valence-corrected chi connectivity index (χ4v) is 3.33. The molecule has 0 aliphatic carbocycles. The summed E-state index contributed by atoms with van der Waals surface area (Å²) in [6.07, 6.45) is 1.57. The number of nitrogens with one attached hydrogen (secondary N) is 2. The van der Waals surface area contributed by atoms with Gasteiger partial charge in [0.1, 0.15) is 5.52 Å². The Labute approximate surface area is 150 Å². The fraction of sp³-hybridized carbons (Fsp3) is 0.250. The van der Waals surface area contributed by atoms with Gasteiger partial charge >= 0.3 is 0 Å². The molecular weight excluding hydrogens is 326 g/mol. The molecule has 0 saturated heterocycles. The summed E-state index contributed by atoms with van der Waals surface area (Å²) in [4.78, 5) is 27.8. The van der Waals surface area contributed by atoms with Gasteiger partial charge in [-0.2, -0.15) is 0 Å². The lowest BCUT2D eigenvalue weighted by Crippen LogP contribution is -2.17. The van der Waals surface area contributed by atoms with Crippen molar-refractivity contribution < 1.29 is 4.79 Å². The summed E-state index contributed by atoms with van der Waals surface area (Å²) < 4.78 is 0. The second kappa shape index (κ2) is 5.42. The largest absolute Gasteiger partial charge is 0.365 e. The van der Waals surface area contributed by atoms with Crippen LogP contribution in [0.1, 0.15) is 42.5 Å². The van der Waals surface area contributed by atoms with E-state index in [-0.39, 0.29) is 5.41 Å². The molecule has 1 amide bonds. The predicted molar refractivity (Wildman–Crippen MR) is 103 cm³/mol. The van der Waals surface area contributed by atoms with Crippen LogP contribution in [-0.2, 0) is 5.41 Å². The monoisotopic (exact) mass is 347 g/mol. The molecule has 6 nitrogen and oxygen atoms in total. The number of amides is 1. The zero-order valence-electron chi connectivity index (χ0n) is 15.3. The molecule has 0 bridgehead atoms. The van der Waals surface area contributed by atoms with E-state index in [1.165, 1.54) is 0 Å². The van der Waals surface area contributed by atoms with E-state index in [1.54, 1.807) is 6.20 Å². The normalized spacial score (nSPS) is 12.2. The van der Waals surface area contributed by atoms with Gasteiger partial charge in [0, 0.05) is 28.3 Å². The summed E-state index contributed by atoms with van der Waals surface area (Å²) >= 11 is 0. The molecule has 0 saturated carbocycles. The number of carbonyl (C=O) groups is 1. The van der Waals surface area contributed by atoms with Crippen LogP contribution in [0.2, 0.25) is 0 Å². The third-order valence-corrected chi connectivity index (χ3v) is 4.53. The van der Waals surface area contributed by atoms with E-state index in [1.807, 2.05) is 19.1 Å². The molecule has 1 aromatic carbocycles. The van der Waals surface area contributed by atoms with Crippen LogP contribution in [0, 0.1) is 6.92 Å². The first-order chi connectivity index (χ1) is 12.3. The maximum absolute atomic E-state index is 11.7. The van der Waals surface area contributed by atoms with Gasteiger partial charge in [0.25, 0.3) is 5.91 Å². The molecule has 4 aromatic rings. The first-order valence-electron chi connectivity index (χ1n) is 8.54. The van der Waals surface area contributed by atoms with Crippen LogP contribution in [0.5, 0.6) is 0 Å². The minimum Gasteiger partial charge on any atom is -0.365 e. The molecule has 6 heteroatoms. The standard InChI is InChI=1S/C20H21N5O/c1-10-8-11-6-5-7-12(14(11)23-10)15-17(20(2,3)4)25-19-16(24-15)13(9-22-19)18(21)26/h5-9,23H,1-4H3,(H2,21,26)(H,22,25). The highest BCUT2D eigenvalue weighted by Gasteiger charge is 2.26. The Kier molecular flexibility index (Phi) is 3.41. The van der Waals surface area contributed by atoms with Crippen molar-refractivity contribution in [2.45, 2.75) is 33.1 Å². The number of primary amides is 1. The first kappa shape index (κ1) is 16.3. The van der Waals surface area contributed by atoms with E-state index >= 15 is 0 Å². The average Bonchev–Trinajstić information content (AvgIpc) is 3.14. The van der Waals surface area contributed by atoms with Crippen molar-refractivity contribution in [1.82, 2.24) is 19.9 Å². The van der Waals surface area contributed by atoms with Gasteiger partial charge in [0.05, 0.1) is 22.5 Å². The number of H-pyrrole nitrogens is 2. The van der Waals surface area contributed by atoms with Crippen molar-refractivity contribution in [3.63, 3.8) is 0 Å². The lowest BCUT2D eigenvalue weighted by Gasteiger charge is -2.21. The van der Waals surface area contributed by atoms with Crippen molar-refractivity contribution in [3.05, 3.63) is 47.4 Å². The molecule has 26 heavy (non-hydrogen) atoms. The summed E-state index contributed by atoms with van der Waals surface area (Å²) in [6.45, 7) is 8.33. The number of benzene rings is 1. The molecule has 0 unspecified atom stereocenters. The molecule has 3 aromatic heterocycles. The van der Waals surface area contributed by atoms with Gasteiger partial charge in [0.15, 0.2) is 5.65 Å². The van der Waals surface area contributed by atoms with Crippen molar-refractivity contribution in [1.29, 1.82) is 0 Å². The number of carbonyl (C=O) groups excluding carboxylic acids is 1. The molecule has 0 aliphatic rings. The molecule has 4 N–H and O–H groups in total. The molecule has 0 atom stereocenters. The van der Waals surface area contributed by atoms with E-state index in [0.29, 0.717) is 16.7 Å². The van der Waals surface area contributed by atoms with Crippen LogP contribution < -0.4 is 5.73 Å². The minimum absolute atomic E-state index is 0.224. The number of aryl methyl sites for hydroxylation is 1. The average molecular weight is 347 g/mol. The summed E-state index contributed by atoms with van der Waals surface area (Å²) in [5, 5.41) is 1.12. The molecule has 4 rings (SSSR count). The Morgan fingerprint density at radius 2 is 1.96 bits per heavy atom. The van der Waals surface area contributed by atoms with Crippen LogP contribution in [0.4, 0.5) is 0 Å². The topological polar surface area (TPSA) is 100 Å².